The van der Waals surface area contributed by atoms with Crippen LogP contribution in [0, 0.1) is 16.0 Å². The number of halogens is 2. The molecule has 1 aromatic heterocycles. The van der Waals surface area contributed by atoms with Crippen LogP contribution in [0.4, 0.5) is 14.5 Å². The average Bonchev–Trinajstić information content (AvgIpc) is 2.83. The lowest BCUT2D eigenvalue weighted by molar-refractivity contribution is -0.386. The number of hydrogen-bond donors (Lipinski definition) is 1. The van der Waals surface area contributed by atoms with E-state index in [9.17, 15) is 18.9 Å². The van der Waals surface area contributed by atoms with Crippen LogP contribution in [0.1, 0.15) is 43.8 Å². The zero-order chi connectivity index (χ0) is 14.0. The van der Waals surface area contributed by atoms with Crippen molar-refractivity contribution < 1.29 is 18.8 Å². The summed E-state index contributed by atoms with van der Waals surface area (Å²) in [4.78, 5) is 9.88. The summed E-state index contributed by atoms with van der Waals surface area (Å²) in [6.45, 7) is 0.0910. The normalized spacial score (nSPS) is 23.8. The molecule has 2 rings (SSSR count). The smallest absolute Gasteiger partial charge is 0.316 e. The van der Waals surface area contributed by atoms with E-state index in [2.05, 4.69) is 5.10 Å². The molecule has 1 N–H and O–H groups in total. The van der Waals surface area contributed by atoms with Crippen LogP contribution >= 0.6 is 0 Å². The number of nitro groups is 1. The highest BCUT2D eigenvalue weighted by atomic mass is 19.3. The Balaban J connectivity index is 2.23. The van der Waals surface area contributed by atoms with Gasteiger partial charge in [0, 0.05) is 6.61 Å². The van der Waals surface area contributed by atoms with Crippen molar-refractivity contribution in [2.45, 2.75) is 38.2 Å². The standard InChI is InChI=1S/C11H15F2N3O3/c12-11(13)10-9(16(18)19)5-14-15(10)8-3-1-7(6-17)2-4-8/h5,7-8,11,17H,1-4,6H2/t7-,8-. The number of aromatic nitrogens is 2. The van der Waals surface area contributed by atoms with Gasteiger partial charge < -0.3 is 5.11 Å². The van der Waals surface area contributed by atoms with Crippen LogP contribution in [0.5, 0.6) is 0 Å². The van der Waals surface area contributed by atoms with Crippen molar-refractivity contribution in [3.05, 3.63) is 22.0 Å². The lowest BCUT2D eigenvalue weighted by Crippen LogP contribution is -2.22. The first-order valence-corrected chi connectivity index (χ1v) is 6.15. The Morgan fingerprint density at radius 3 is 2.58 bits per heavy atom. The molecule has 6 nitrogen and oxygen atoms in total. The fourth-order valence-electron chi connectivity index (χ4n) is 2.58. The van der Waals surface area contributed by atoms with Gasteiger partial charge in [0.05, 0.1) is 11.0 Å². The monoisotopic (exact) mass is 275 g/mol. The first kappa shape index (κ1) is 13.9. The van der Waals surface area contributed by atoms with Crippen molar-refractivity contribution in [2.24, 2.45) is 5.92 Å². The molecule has 0 aliphatic heterocycles. The number of hydrogen-bond acceptors (Lipinski definition) is 4. The molecule has 106 valence electrons. The molecule has 0 aromatic carbocycles. The summed E-state index contributed by atoms with van der Waals surface area (Å²) in [6, 6.07) is -0.250. The second-order valence-electron chi connectivity index (χ2n) is 4.77. The SMILES string of the molecule is O=[N+]([O-])c1cnn([C@H]2CC[C@H](CO)CC2)c1C(F)F. The van der Waals surface area contributed by atoms with Crippen LogP contribution in [-0.2, 0) is 0 Å². The molecule has 0 spiro atoms. The molecule has 1 saturated carbocycles. The van der Waals surface area contributed by atoms with E-state index in [1.54, 1.807) is 0 Å². The second-order valence-corrected chi connectivity index (χ2v) is 4.77. The van der Waals surface area contributed by atoms with Crippen molar-refractivity contribution in [1.29, 1.82) is 0 Å². The molecule has 19 heavy (non-hydrogen) atoms. The van der Waals surface area contributed by atoms with Gasteiger partial charge in [-0.05, 0) is 31.6 Å². The minimum atomic E-state index is -2.92. The molecule has 1 aromatic rings. The highest BCUT2D eigenvalue weighted by Gasteiger charge is 2.32. The Morgan fingerprint density at radius 1 is 1.47 bits per heavy atom. The second kappa shape index (κ2) is 5.60. The maximum atomic E-state index is 13.0. The Bertz CT molecular complexity index is 456. The van der Waals surface area contributed by atoms with Gasteiger partial charge in [-0.25, -0.2) is 8.78 Å². The molecular weight excluding hydrogens is 260 g/mol. The summed E-state index contributed by atoms with van der Waals surface area (Å²) in [5.74, 6) is 0.191. The third-order valence-corrected chi connectivity index (χ3v) is 3.64. The molecule has 1 heterocycles. The van der Waals surface area contributed by atoms with Crippen LogP contribution in [0.25, 0.3) is 0 Å². The van der Waals surface area contributed by atoms with Gasteiger partial charge in [0.2, 0.25) is 0 Å². The van der Waals surface area contributed by atoms with E-state index in [-0.39, 0.29) is 18.6 Å². The van der Waals surface area contributed by atoms with Crippen molar-refractivity contribution in [2.75, 3.05) is 6.61 Å². The quantitative estimate of drug-likeness (QED) is 0.676. The highest BCUT2D eigenvalue weighted by Crippen LogP contribution is 2.37. The van der Waals surface area contributed by atoms with Gasteiger partial charge in [0.1, 0.15) is 6.20 Å². The fourth-order valence-corrected chi connectivity index (χ4v) is 2.58. The first-order chi connectivity index (χ1) is 9.04. The molecule has 0 radical (unpaired) electrons. The Kier molecular flexibility index (Phi) is 4.08. The topological polar surface area (TPSA) is 81.2 Å². The Labute approximate surface area is 108 Å². The van der Waals surface area contributed by atoms with Crippen LogP contribution in [0.15, 0.2) is 6.20 Å². The van der Waals surface area contributed by atoms with Gasteiger partial charge >= 0.3 is 5.69 Å². The van der Waals surface area contributed by atoms with Crippen molar-refractivity contribution in [3.63, 3.8) is 0 Å². The minimum Gasteiger partial charge on any atom is -0.396 e. The maximum absolute atomic E-state index is 13.0. The van der Waals surface area contributed by atoms with Crippen molar-refractivity contribution >= 4 is 5.69 Å². The van der Waals surface area contributed by atoms with Gasteiger partial charge in [-0.15, -0.1) is 0 Å². The zero-order valence-electron chi connectivity index (χ0n) is 10.2. The van der Waals surface area contributed by atoms with Gasteiger partial charge in [-0.1, -0.05) is 0 Å². The number of aliphatic hydroxyl groups is 1. The molecule has 1 aliphatic rings. The lowest BCUT2D eigenvalue weighted by Gasteiger charge is -2.28. The van der Waals surface area contributed by atoms with Crippen molar-refractivity contribution in [1.82, 2.24) is 9.78 Å². The Morgan fingerprint density at radius 2 is 2.11 bits per heavy atom. The van der Waals surface area contributed by atoms with Crippen LogP contribution in [-0.4, -0.2) is 26.4 Å². The van der Waals surface area contributed by atoms with Crippen LogP contribution in [0.3, 0.4) is 0 Å². The zero-order valence-corrected chi connectivity index (χ0v) is 10.2. The number of aliphatic hydroxyl groups excluding tert-OH is 1. The van der Waals surface area contributed by atoms with E-state index in [0.717, 1.165) is 23.7 Å². The minimum absolute atomic E-state index is 0.0910. The van der Waals surface area contributed by atoms with E-state index >= 15 is 0 Å². The Hall–Kier alpha value is -1.57. The molecule has 0 bridgehead atoms. The number of rotatable bonds is 4. The highest BCUT2D eigenvalue weighted by molar-refractivity contribution is 5.34. The summed E-state index contributed by atoms with van der Waals surface area (Å²) >= 11 is 0. The molecule has 0 amide bonds. The van der Waals surface area contributed by atoms with E-state index in [1.807, 2.05) is 0 Å². The van der Waals surface area contributed by atoms with Crippen molar-refractivity contribution in [3.8, 4) is 0 Å². The lowest BCUT2D eigenvalue weighted by atomic mass is 9.86. The number of alkyl halides is 2. The summed E-state index contributed by atoms with van der Waals surface area (Å²) in [5, 5.41) is 23.5. The van der Waals surface area contributed by atoms with Gasteiger partial charge in [0.15, 0.2) is 5.69 Å². The van der Waals surface area contributed by atoms with Gasteiger partial charge in [0.25, 0.3) is 6.43 Å². The third kappa shape index (κ3) is 2.73. The maximum Gasteiger partial charge on any atom is 0.316 e. The average molecular weight is 275 g/mol. The van der Waals surface area contributed by atoms with E-state index in [4.69, 9.17) is 5.11 Å². The first-order valence-electron chi connectivity index (χ1n) is 6.15. The van der Waals surface area contributed by atoms with Gasteiger partial charge in [-0.3, -0.25) is 14.8 Å². The van der Waals surface area contributed by atoms with E-state index in [1.165, 1.54) is 0 Å². The third-order valence-electron chi connectivity index (χ3n) is 3.64. The summed E-state index contributed by atoms with van der Waals surface area (Å²) in [7, 11) is 0. The molecule has 1 aliphatic carbocycles. The molecule has 0 unspecified atom stereocenters. The summed E-state index contributed by atoms with van der Waals surface area (Å²) in [5.41, 5.74) is -1.24. The predicted molar refractivity (Wildman–Crippen MR) is 61.9 cm³/mol. The summed E-state index contributed by atoms with van der Waals surface area (Å²) < 4.78 is 27.0. The molecule has 0 atom stereocenters. The van der Waals surface area contributed by atoms with Gasteiger partial charge in [-0.2, -0.15) is 5.10 Å². The van der Waals surface area contributed by atoms with E-state index in [0.29, 0.717) is 12.8 Å². The molecule has 0 saturated heterocycles. The largest absolute Gasteiger partial charge is 0.396 e. The number of nitrogens with zero attached hydrogens (tertiary/aromatic N) is 3. The predicted octanol–water partition coefficient (Wildman–Crippen LogP) is 2.45. The summed E-state index contributed by atoms with van der Waals surface area (Å²) in [6.07, 6.45) is 0.612. The fraction of sp³-hybridized carbons (Fsp3) is 0.727. The molecule has 1 fully saturated rings. The molecular formula is C11H15F2N3O3. The van der Waals surface area contributed by atoms with Crippen LogP contribution in [0.2, 0.25) is 0 Å². The van der Waals surface area contributed by atoms with Crippen LogP contribution < -0.4 is 0 Å². The van der Waals surface area contributed by atoms with E-state index < -0.39 is 22.7 Å². The molecule has 8 heteroatoms.